The molecule has 0 radical (unpaired) electrons. The lowest BCUT2D eigenvalue weighted by atomic mass is 10.2. The van der Waals surface area contributed by atoms with E-state index in [0.29, 0.717) is 12.5 Å². The third-order valence-corrected chi connectivity index (χ3v) is 2.19. The fourth-order valence-electron chi connectivity index (χ4n) is 1.38. The summed E-state index contributed by atoms with van der Waals surface area (Å²) in [5.74, 6) is 0.0803. The number of nitrogens with one attached hydrogen (secondary N) is 2. The Hall–Kier alpha value is -1.35. The minimum Gasteiger partial charge on any atom is -0.326 e. The molecule has 1 amide bonds. The Morgan fingerprint density at radius 2 is 1.94 bits per heavy atom. The molecule has 16 heavy (non-hydrogen) atoms. The molecule has 0 bridgehead atoms. The summed E-state index contributed by atoms with van der Waals surface area (Å²) in [7, 11) is 0. The van der Waals surface area contributed by atoms with E-state index in [1.54, 1.807) is 0 Å². The molecule has 0 aliphatic carbocycles. The molecule has 0 aliphatic rings. The fraction of sp³-hybridized carbons (Fsp3) is 0.462. The first-order valence-electron chi connectivity index (χ1n) is 5.77. The minimum absolute atomic E-state index is 0.0803. The van der Waals surface area contributed by atoms with Crippen LogP contribution in [0, 0.1) is 0 Å². The van der Waals surface area contributed by atoms with E-state index >= 15 is 0 Å². The summed E-state index contributed by atoms with van der Waals surface area (Å²) in [6.45, 7) is 5.09. The predicted octanol–water partition coefficient (Wildman–Crippen LogP) is 2.40. The number of benzene rings is 1. The van der Waals surface area contributed by atoms with Crippen LogP contribution in [0.25, 0.3) is 0 Å². The number of para-hydroxylation sites is 1. The van der Waals surface area contributed by atoms with Crippen molar-refractivity contribution in [2.75, 3.05) is 11.9 Å². The van der Waals surface area contributed by atoms with Crippen LogP contribution in [0.3, 0.4) is 0 Å². The van der Waals surface area contributed by atoms with Gasteiger partial charge >= 0.3 is 0 Å². The zero-order valence-electron chi connectivity index (χ0n) is 9.99. The molecule has 0 atom stereocenters. The zero-order valence-corrected chi connectivity index (χ0v) is 9.99. The van der Waals surface area contributed by atoms with Crippen LogP contribution in [-0.4, -0.2) is 18.5 Å². The van der Waals surface area contributed by atoms with Crippen molar-refractivity contribution in [2.45, 2.75) is 32.7 Å². The Morgan fingerprint density at radius 3 is 2.56 bits per heavy atom. The molecule has 0 saturated carbocycles. The Bertz CT molecular complexity index is 309. The van der Waals surface area contributed by atoms with Crippen molar-refractivity contribution < 1.29 is 4.79 Å². The van der Waals surface area contributed by atoms with Crippen LogP contribution in [0.4, 0.5) is 5.69 Å². The van der Waals surface area contributed by atoms with Gasteiger partial charge in [0.15, 0.2) is 0 Å². The van der Waals surface area contributed by atoms with E-state index in [1.807, 2.05) is 30.3 Å². The Balaban J connectivity index is 2.17. The van der Waals surface area contributed by atoms with Crippen molar-refractivity contribution in [3.63, 3.8) is 0 Å². The highest BCUT2D eigenvalue weighted by atomic mass is 16.1. The first kappa shape index (κ1) is 12.7. The number of hydrogen-bond donors (Lipinski definition) is 2. The normalized spacial score (nSPS) is 10.4. The second-order valence-electron chi connectivity index (χ2n) is 4.13. The highest BCUT2D eigenvalue weighted by Gasteiger charge is 2.01. The third kappa shape index (κ3) is 5.51. The van der Waals surface area contributed by atoms with Crippen molar-refractivity contribution in [3.8, 4) is 0 Å². The summed E-state index contributed by atoms with van der Waals surface area (Å²) >= 11 is 0. The van der Waals surface area contributed by atoms with Crippen LogP contribution in [0.5, 0.6) is 0 Å². The van der Waals surface area contributed by atoms with Crippen molar-refractivity contribution in [1.29, 1.82) is 0 Å². The number of amides is 1. The van der Waals surface area contributed by atoms with Gasteiger partial charge in [-0.3, -0.25) is 4.79 Å². The molecule has 1 rings (SSSR count). The van der Waals surface area contributed by atoms with E-state index in [9.17, 15) is 4.79 Å². The van der Waals surface area contributed by atoms with Crippen molar-refractivity contribution >= 4 is 11.6 Å². The van der Waals surface area contributed by atoms with Crippen LogP contribution in [0.15, 0.2) is 30.3 Å². The lowest BCUT2D eigenvalue weighted by molar-refractivity contribution is -0.116. The molecule has 0 fully saturated rings. The first-order chi connectivity index (χ1) is 7.68. The standard InChI is InChI=1S/C13H20N2O/c1-11(2)14-10-6-9-13(16)15-12-7-4-3-5-8-12/h3-5,7-8,11,14H,6,9-10H2,1-2H3,(H,15,16). The van der Waals surface area contributed by atoms with Gasteiger partial charge in [-0.2, -0.15) is 0 Å². The monoisotopic (exact) mass is 220 g/mol. The molecule has 88 valence electrons. The minimum atomic E-state index is 0.0803. The number of hydrogen-bond acceptors (Lipinski definition) is 2. The summed E-state index contributed by atoms with van der Waals surface area (Å²) < 4.78 is 0. The second-order valence-corrected chi connectivity index (χ2v) is 4.13. The van der Waals surface area contributed by atoms with Crippen molar-refractivity contribution in [1.82, 2.24) is 5.32 Å². The van der Waals surface area contributed by atoms with E-state index in [-0.39, 0.29) is 5.91 Å². The van der Waals surface area contributed by atoms with Crippen molar-refractivity contribution in [2.24, 2.45) is 0 Å². The third-order valence-electron chi connectivity index (χ3n) is 2.19. The molecular formula is C13H20N2O. The maximum Gasteiger partial charge on any atom is 0.224 e. The molecule has 3 nitrogen and oxygen atoms in total. The lowest BCUT2D eigenvalue weighted by Gasteiger charge is -2.08. The molecule has 1 aromatic carbocycles. The van der Waals surface area contributed by atoms with Crippen LogP contribution in [-0.2, 0) is 4.79 Å². The topological polar surface area (TPSA) is 41.1 Å². The number of rotatable bonds is 6. The van der Waals surface area contributed by atoms with E-state index in [2.05, 4.69) is 24.5 Å². The van der Waals surface area contributed by atoms with Gasteiger partial charge < -0.3 is 10.6 Å². The quantitative estimate of drug-likeness (QED) is 0.723. The van der Waals surface area contributed by atoms with Gasteiger partial charge in [0.1, 0.15) is 0 Å². The fourth-order valence-corrected chi connectivity index (χ4v) is 1.38. The number of carbonyl (C=O) groups is 1. The maximum atomic E-state index is 11.5. The molecular weight excluding hydrogens is 200 g/mol. The molecule has 0 unspecified atom stereocenters. The van der Waals surface area contributed by atoms with Gasteiger partial charge in [-0.25, -0.2) is 0 Å². The predicted molar refractivity (Wildman–Crippen MR) is 67.4 cm³/mol. The second kappa shape index (κ2) is 7.01. The van der Waals surface area contributed by atoms with Gasteiger partial charge in [0.2, 0.25) is 5.91 Å². The first-order valence-corrected chi connectivity index (χ1v) is 5.77. The molecule has 2 N–H and O–H groups in total. The van der Waals surface area contributed by atoms with Crippen molar-refractivity contribution in [3.05, 3.63) is 30.3 Å². The smallest absolute Gasteiger partial charge is 0.224 e. The van der Waals surface area contributed by atoms with Crippen LogP contribution >= 0.6 is 0 Å². The highest BCUT2D eigenvalue weighted by Crippen LogP contribution is 2.05. The van der Waals surface area contributed by atoms with Crippen LogP contribution < -0.4 is 10.6 Å². The number of carbonyl (C=O) groups excluding carboxylic acids is 1. The molecule has 0 aliphatic heterocycles. The average Bonchev–Trinajstić information content (AvgIpc) is 2.25. The lowest BCUT2D eigenvalue weighted by Crippen LogP contribution is -2.24. The zero-order chi connectivity index (χ0) is 11.8. The van der Waals surface area contributed by atoms with E-state index in [4.69, 9.17) is 0 Å². The largest absolute Gasteiger partial charge is 0.326 e. The highest BCUT2D eigenvalue weighted by molar-refractivity contribution is 5.90. The van der Waals surface area contributed by atoms with Crippen LogP contribution in [0.1, 0.15) is 26.7 Å². The van der Waals surface area contributed by atoms with Gasteiger partial charge in [-0.05, 0) is 25.1 Å². The Kier molecular flexibility index (Phi) is 5.57. The molecule has 0 saturated heterocycles. The SMILES string of the molecule is CC(C)NCCCC(=O)Nc1ccccc1. The Morgan fingerprint density at radius 1 is 1.25 bits per heavy atom. The van der Waals surface area contributed by atoms with Crippen LogP contribution in [0.2, 0.25) is 0 Å². The average molecular weight is 220 g/mol. The summed E-state index contributed by atoms with van der Waals surface area (Å²) in [4.78, 5) is 11.5. The van der Waals surface area contributed by atoms with Gasteiger partial charge in [-0.15, -0.1) is 0 Å². The summed E-state index contributed by atoms with van der Waals surface area (Å²) in [5, 5.41) is 6.15. The van der Waals surface area contributed by atoms with Gasteiger partial charge in [0, 0.05) is 18.2 Å². The summed E-state index contributed by atoms with van der Waals surface area (Å²) in [6, 6.07) is 10.0. The number of anilines is 1. The molecule has 0 spiro atoms. The molecule has 1 aromatic rings. The van der Waals surface area contributed by atoms with E-state index in [0.717, 1.165) is 18.7 Å². The van der Waals surface area contributed by atoms with E-state index in [1.165, 1.54) is 0 Å². The Labute approximate surface area is 97.2 Å². The maximum absolute atomic E-state index is 11.5. The summed E-state index contributed by atoms with van der Waals surface area (Å²) in [6.07, 6.45) is 1.44. The van der Waals surface area contributed by atoms with E-state index < -0.39 is 0 Å². The van der Waals surface area contributed by atoms with Gasteiger partial charge in [-0.1, -0.05) is 32.0 Å². The van der Waals surface area contributed by atoms with Gasteiger partial charge in [0.05, 0.1) is 0 Å². The summed E-state index contributed by atoms with van der Waals surface area (Å²) in [5.41, 5.74) is 0.865. The molecule has 0 aromatic heterocycles. The molecule has 0 heterocycles. The van der Waals surface area contributed by atoms with Gasteiger partial charge in [0.25, 0.3) is 0 Å². The molecule has 3 heteroatoms.